The van der Waals surface area contributed by atoms with E-state index in [-0.39, 0.29) is 17.1 Å². The van der Waals surface area contributed by atoms with Crippen LogP contribution in [0.15, 0.2) is 47.4 Å². The van der Waals surface area contributed by atoms with E-state index in [9.17, 15) is 13.2 Å². The molecule has 0 atom stereocenters. The highest BCUT2D eigenvalue weighted by Crippen LogP contribution is 2.18. The Morgan fingerprint density at radius 2 is 1.83 bits per heavy atom. The molecule has 2 aromatic rings. The molecule has 0 aliphatic heterocycles. The quantitative estimate of drug-likeness (QED) is 0.913. The maximum atomic E-state index is 12.5. The van der Waals surface area contributed by atoms with Crippen LogP contribution in [0.2, 0.25) is 0 Å². The van der Waals surface area contributed by atoms with Crippen molar-refractivity contribution in [3.63, 3.8) is 0 Å². The van der Waals surface area contributed by atoms with Gasteiger partial charge in [0.1, 0.15) is 0 Å². The molecule has 23 heavy (non-hydrogen) atoms. The lowest BCUT2D eigenvalue weighted by Crippen LogP contribution is -2.31. The van der Waals surface area contributed by atoms with Gasteiger partial charge in [-0.1, -0.05) is 30.3 Å². The fourth-order valence-corrected chi connectivity index (χ4v) is 3.55. The first-order valence-corrected chi connectivity index (χ1v) is 8.54. The zero-order valence-electron chi connectivity index (χ0n) is 13.3. The Kier molecular flexibility index (Phi) is 5.18. The number of benzene rings is 2. The SMILES string of the molecule is COCc1ccccc1C(=O)NS(=O)(=O)c1cc(C)ccc1C. The molecule has 0 heterocycles. The van der Waals surface area contributed by atoms with Crippen molar-refractivity contribution in [3.05, 3.63) is 64.7 Å². The topological polar surface area (TPSA) is 72.5 Å². The van der Waals surface area contributed by atoms with Crippen LogP contribution in [0.3, 0.4) is 0 Å². The van der Waals surface area contributed by atoms with Gasteiger partial charge in [0.05, 0.1) is 11.5 Å². The maximum absolute atomic E-state index is 12.5. The lowest BCUT2D eigenvalue weighted by atomic mass is 10.1. The Morgan fingerprint density at radius 1 is 1.13 bits per heavy atom. The van der Waals surface area contributed by atoms with Gasteiger partial charge >= 0.3 is 0 Å². The van der Waals surface area contributed by atoms with Gasteiger partial charge in [0.15, 0.2) is 0 Å². The van der Waals surface area contributed by atoms with Crippen molar-refractivity contribution >= 4 is 15.9 Å². The fraction of sp³-hybridized carbons (Fsp3) is 0.235. The van der Waals surface area contributed by atoms with Crippen molar-refractivity contribution in [2.45, 2.75) is 25.3 Å². The van der Waals surface area contributed by atoms with E-state index in [1.807, 2.05) is 6.07 Å². The molecule has 0 unspecified atom stereocenters. The second kappa shape index (κ2) is 6.93. The monoisotopic (exact) mass is 333 g/mol. The van der Waals surface area contributed by atoms with Gasteiger partial charge in [-0.05, 0) is 42.7 Å². The summed E-state index contributed by atoms with van der Waals surface area (Å²) in [5.41, 5.74) is 2.30. The summed E-state index contributed by atoms with van der Waals surface area (Å²) in [6.45, 7) is 3.72. The molecule has 0 aliphatic carbocycles. The Balaban J connectivity index is 2.34. The summed E-state index contributed by atoms with van der Waals surface area (Å²) in [6.07, 6.45) is 0. The van der Waals surface area contributed by atoms with Crippen LogP contribution in [0.4, 0.5) is 0 Å². The summed E-state index contributed by atoms with van der Waals surface area (Å²) >= 11 is 0. The molecule has 0 saturated carbocycles. The van der Waals surface area contributed by atoms with Crippen molar-refractivity contribution < 1.29 is 17.9 Å². The number of carbonyl (C=O) groups excluding carboxylic acids is 1. The van der Waals surface area contributed by atoms with Crippen molar-refractivity contribution in [3.8, 4) is 0 Å². The molecule has 0 aliphatic rings. The normalized spacial score (nSPS) is 11.3. The van der Waals surface area contributed by atoms with E-state index in [0.29, 0.717) is 11.1 Å². The zero-order chi connectivity index (χ0) is 17.0. The van der Waals surface area contributed by atoms with E-state index in [0.717, 1.165) is 5.56 Å². The number of amides is 1. The van der Waals surface area contributed by atoms with Gasteiger partial charge in [0, 0.05) is 12.7 Å². The van der Waals surface area contributed by atoms with E-state index in [4.69, 9.17) is 4.74 Å². The van der Waals surface area contributed by atoms with Crippen molar-refractivity contribution in [2.75, 3.05) is 7.11 Å². The van der Waals surface area contributed by atoms with E-state index in [1.54, 1.807) is 50.2 Å². The molecule has 1 N–H and O–H groups in total. The van der Waals surface area contributed by atoms with Crippen molar-refractivity contribution in [1.29, 1.82) is 0 Å². The van der Waals surface area contributed by atoms with Crippen LogP contribution in [-0.2, 0) is 21.4 Å². The number of methoxy groups -OCH3 is 1. The molecule has 5 nitrogen and oxygen atoms in total. The van der Waals surface area contributed by atoms with Gasteiger partial charge in [0.25, 0.3) is 15.9 Å². The minimum Gasteiger partial charge on any atom is -0.380 e. The number of rotatable bonds is 5. The molecule has 1 amide bonds. The number of ether oxygens (including phenoxy) is 1. The van der Waals surface area contributed by atoms with Gasteiger partial charge in [-0.25, -0.2) is 13.1 Å². The van der Waals surface area contributed by atoms with Crippen LogP contribution in [0, 0.1) is 13.8 Å². The molecule has 122 valence electrons. The summed E-state index contributed by atoms with van der Waals surface area (Å²) in [7, 11) is -2.42. The molecule has 0 spiro atoms. The van der Waals surface area contributed by atoms with E-state index < -0.39 is 15.9 Å². The number of carbonyl (C=O) groups is 1. The van der Waals surface area contributed by atoms with Crippen molar-refractivity contribution in [1.82, 2.24) is 4.72 Å². The molecule has 2 aromatic carbocycles. The molecule has 0 fully saturated rings. The standard InChI is InChI=1S/C17H19NO4S/c1-12-8-9-13(2)16(10-12)23(20,21)18-17(19)15-7-5-4-6-14(15)11-22-3/h4-10H,11H2,1-3H3,(H,18,19). The third kappa shape index (κ3) is 3.97. The largest absolute Gasteiger partial charge is 0.380 e. The van der Waals surface area contributed by atoms with Gasteiger partial charge in [-0.3, -0.25) is 4.79 Å². The first-order chi connectivity index (χ1) is 10.8. The Bertz CT molecular complexity index is 828. The second-order valence-corrected chi connectivity index (χ2v) is 6.94. The molecule has 2 rings (SSSR count). The highest BCUT2D eigenvalue weighted by Gasteiger charge is 2.22. The minimum atomic E-state index is -3.93. The van der Waals surface area contributed by atoms with Gasteiger partial charge < -0.3 is 4.74 Å². The van der Waals surface area contributed by atoms with Crippen LogP contribution in [0.5, 0.6) is 0 Å². The van der Waals surface area contributed by atoms with Crippen molar-refractivity contribution in [2.24, 2.45) is 0 Å². The maximum Gasteiger partial charge on any atom is 0.265 e. The number of hydrogen-bond donors (Lipinski definition) is 1. The third-order valence-electron chi connectivity index (χ3n) is 3.42. The molecule has 0 radical (unpaired) electrons. The predicted molar refractivity (Wildman–Crippen MR) is 87.7 cm³/mol. The summed E-state index contributed by atoms with van der Waals surface area (Å²) in [4.78, 5) is 12.5. The third-order valence-corrected chi connectivity index (χ3v) is 4.90. The number of aryl methyl sites for hydroxylation is 2. The zero-order valence-corrected chi connectivity index (χ0v) is 14.1. The van der Waals surface area contributed by atoms with Gasteiger partial charge in [0.2, 0.25) is 0 Å². The van der Waals surface area contributed by atoms with Crippen LogP contribution >= 0.6 is 0 Å². The summed E-state index contributed by atoms with van der Waals surface area (Å²) in [6, 6.07) is 11.8. The average molecular weight is 333 g/mol. The molecule has 0 bridgehead atoms. The lowest BCUT2D eigenvalue weighted by Gasteiger charge is -2.12. The van der Waals surface area contributed by atoms with E-state index >= 15 is 0 Å². The Hall–Kier alpha value is -2.18. The van der Waals surface area contributed by atoms with E-state index in [2.05, 4.69) is 4.72 Å². The predicted octanol–water partition coefficient (Wildman–Crippen LogP) is 2.57. The number of sulfonamides is 1. The summed E-state index contributed by atoms with van der Waals surface area (Å²) in [5, 5.41) is 0. The second-order valence-electron chi connectivity index (χ2n) is 5.29. The Labute approximate surface area is 136 Å². The summed E-state index contributed by atoms with van der Waals surface area (Å²) in [5.74, 6) is -0.668. The first kappa shape index (κ1) is 17.2. The Morgan fingerprint density at radius 3 is 2.52 bits per heavy atom. The van der Waals surface area contributed by atoms with Gasteiger partial charge in [-0.15, -0.1) is 0 Å². The number of hydrogen-bond acceptors (Lipinski definition) is 4. The number of nitrogens with one attached hydrogen (secondary N) is 1. The minimum absolute atomic E-state index is 0.107. The first-order valence-electron chi connectivity index (χ1n) is 7.06. The lowest BCUT2D eigenvalue weighted by molar-refractivity contribution is 0.0976. The highest BCUT2D eigenvalue weighted by atomic mass is 32.2. The van der Waals surface area contributed by atoms with Crippen LogP contribution < -0.4 is 4.72 Å². The van der Waals surface area contributed by atoms with E-state index in [1.165, 1.54) is 7.11 Å². The molecule has 0 aromatic heterocycles. The molecular formula is C17H19NO4S. The van der Waals surface area contributed by atoms with Crippen LogP contribution in [0.25, 0.3) is 0 Å². The average Bonchev–Trinajstić information content (AvgIpc) is 2.50. The van der Waals surface area contributed by atoms with Crippen LogP contribution in [-0.4, -0.2) is 21.4 Å². The molecule has 6 heteroatoms. The van der Waals surface area contributed by atoms with Crippen LogP contribution in [0.1, 0.15) is 27.0 Å². The molecule has 0 saturated heterocycles. The smallest absolute Gasteiger partial charge is 0.265 e. The highest BCUT2D eigenvalue weighted by molar-refractivity contribution is 7.90. The summed E-state index contributed by atoms with van der Waals surface area (Å²) < 4.78 is 32.2. The molecular weight excluding hydrogens is 314 g/mol. The van der Waals surface area contributed by atoms with Gasteiger partial charge in [-0.2, -0.15) is 0 Å². The fourth-order valence-electron chi connectivity index (χ4n) is 2.25.